The number of imidazole rings is 1. The quantitative estimate of drug-likeness (QED) is 0.496. The lowest BCUT2D eigenvalue weighted by atomic mass is 10.0. The zero-order valence-electron chi connectivity index (χ0n) is 18.4. The Balaban J connectivity index is 1.31. The lowest BCUT2D eigenvalue weighted by Gasteiger charge is -2.40. The van der Waals surface area contributed by atoms with Crippen LogP contribution in [0.5, 0.6) is 0 Å². The van der Waals surface area contributed by atoms with Crippen LogP contribution in [0.25, 0.3) is 11.0 Å². The second kappa shape index (κ2) is 7.55. The average Bonchev–Trinajstić information content (AvgIpc) is 3.42. The number of aromatic nitrogens is 2. The minimum absolute atomic E-state index is 0.179. The first-order valence-corrected chi connectivity index (χ1v) is 11.1. The molecule has 0 spiro atoms. The summed E-state index contributed by atoms with van der Waals surface area (Å²) in [6.07, 6.45) is -0.668. The van der Waals surface area contributed by atoms with Gasteiger partial charge in [-0.05, 0) is 37.3 Å². The van der Waals surface area contributed by atoms with Crippen molar-refractivity contribution in [2.24, 2.45) is 0 Å². The minimum atomic E-state index is -0.668. The molecule has 0 bridgehead atoms. The van der Waals surface area contributed by atoms with Crippen molar-refractivity contribution in [3.8, 4) is 0 Å². The second-order valence-corrected chi connectivity index (χ2v) is 8.51. The highest BCUT2D eigenvalue weighted by molar-refractivity contribution is 6.17. The number of amides is 3. The summed E-state index contributed by atoms with van der Waals surface area (Å²) in [5.41, 5.74) is 3.92. The van der Waals surface area contributed by atoms with Crippen LogP contribution in [0.1, 0.15) is 51.2 Å². The number of benzene rings is 3. The number of hydrogen-bond donors (Lipinski definition) is 2. The summed E-state index contributed by atoms with van der Waals surface area (Å²) in [5.74, 6) is -0.167. The van der Waals surface area contributed by atoms with Crippen molar-refractivity contribution in [3.63, 3.8) is 0 Å². The average molecular weight is 451 g/mol. The molecule has 4 aromatic rings. The first-order valence-electron chi connectivity index (χ1n) is 11.1. The van der Waals surface area contributed by atoms with Crippen LogP contribution < -0.4 is 10.2 Å². The second-order valence-electron chi connectivity index (χ2n) is 8.51. The Labute approximate surface area is 195 Å². The number of nitrogens with zero attached hydrogens (tertiary/aromatic N) is 3. The summed E-state index contributed by atoms with van der Waals surface area (Å²) in [6.45, 7) is 1.64. The van der Waals surface area contributed by atoms with Gasteiger partial charge in [0.15, 0.2) is 0 Å². The van der Waals surface area contributed by atoms with Crippen LogP contribution in [0.3, 0.4) is 0 Å². The van der Waals surface area contributed by atoms with Crippen molar-refractivity contribution in [3.05, 3.63) is 95.3 Å². The number of aromatic amines is 1. The Morgan fingerprint density at radius 3 is 2.50 bits per heavy atom. The fraction of sp³-hybridized carbons (Fsp3) is 0.154. The van der Waals surface area contributed by atoms with Gasteiger partial charge in [0, 0.05) is 11.1 Å². The van der Waals surface area contributed by atoms with Gasteiger partial charge in [0.25, 0.3) is 11.8 Å². The van der Waals surface area contributed by atoms with Gasteiger partial charge in [-0.25, -0.2) is 4.98 Å². The van der Waals surface area contributed by atoms with E-state index in [1.807, 2.05) is 43.3 Å². The van der Waals surface area contributed by atoms with Crippen LogP contribution in [0.15, 0.2) is 72.8 Å². The van der Waals surface area contributed by atoms with E-state index in [0.717, 1.165) is 11.0 Å². The van der Waals surface area contributed by atoms with Crippen molar-refractivity contribution in [1.29, 1.82) is 0 Å². The molecule has 34 heavy (non-hydrogen) atoms. The number of hydrogen-bond acceptors (Lipinski definition) is 4. The molecule has 8 nitrogen and oxygen atoms in total. The molecular weight excluding hydrogens is 430 g/mol. The molecule has 0 saturated heterocycles. The predicted octanol–water partition coefficient (Wildman–Crippen LogP) is 3.56. The van der Waals surface area contributed by atoms with E-state index in [2.05, 4.69) is 15.3 Å². The molecule has 0 unspecified atom stereocenters. The summed E-state index contributed by atoms with van der Waals surface area (Å²) < 4.78 is 0. The van der Waals surface area contributed by atoms with E-state index in [9.17, 15) is 14.4 Å². The van der Waals surface area contributed by atoms with Gasteiger partial charge in [-0.1, -0.05) is 42.5 Å². The predicted molar refractivity (Wildman–Crippen MR) is 126 cm³/mol. The van der Waals surface area contributed by atoms with E-state index in [1.165, 1.54) is 4.90 Å². The Kier molecular flexibility index (Phi) is 4.48. The van der Waals surface area contributed by atoms with Gasteiger partial charge in [0.05, 0.1) is 28.3 Å². The van der Waals surface area contributed by atoms with Crippen molar-refractivity contribution in [2.75, 3.05) is 11.4 Å². The van der Waals surface area contributed by atoms with Gasteiger partial charge in [0.2, 0.25) is 5.91 Å². The number of anilines is 1. The summed E-state index contributed by atoms with van der Waals surface area (Å²) in [7, 11) is 0. The first-order chi connectivity index (χ1) is 16.5. The van der Waals surface area contributed by atoms with Gasteiger partial charge in [-0.15, -0.1) is 0 Å². The Morgan fingerprint density at radius 2 is 1.68 bits per heavy atom. The van der Waals surface area contributed by atoms with Crippen LogP contribution in [-0.4, -0.2) is 39.1 Å². The molecule has 0 radical (unpaired) electrons. The van der Waals surface area contributed by atoms with Gasteiger partial charge >= 0.3 is 0 Å². The molecule has 1 aromatic heterocycles. The number of carbonyl (C=O) groups excluding carboxylic acids is 3. The standard InChI is InChI=1S/C26H21N5O3/c1-15(23-28-19-11-5-6-12-20(19)29-23)27-22(32)14-30-24-16-8-2-3-9-17(16)26(34)31(24)21-13-7-4-10-18(21)25(30)33/h2-13,15,24H,14H2,1H3,(H,27,32)(H,28,29)/t15-,24-/m0/s1. The number of fused-ring (bicyclic) bond motifs is 6. The highest BCUT2D eigenvalue weighted by Gasteiger charge is 2.48. The zero-order valence-corrected chi connectivity index (χ0v) is 18.4. The molecule has 2 N–H and O–H groups in total. The van der Waals surface area contributed by atoms with E-state index in [4.69, 9.17) is 0 Å². The van der Waals surface area contributed by atoms with Crippen LogP contribution in [0.2, 0.25) is 0 Å². The van der Waals surface area contributed by atoms with Crippen molar-refractivity contribution in [1.82, 2.24) is 20.2 Å². The fourth-order valence-electron chi connectivity index (χ4n) is 4.82. The summed E-state index contributed by atoms with van der Waals surface area (Å²) in [4.78, 5) is 50.7. The molecule has 168 valence electrons. The Hall–Kier alpha value is -4.46. The number of rotatable bonds is 4. The van der Waals surface area contributed by atoms with Gasteiger partial charge in [-0.3, -0.25) is 19.3 Å². The monoisotopic (exact) mass is 451 g/mol. The van der Waals surface area contributed by atoms with Crippen LogP contribution in [0.4, 0.5) is 5.69 Å². The van der Waals surface area contributed by atoms with Gasteiger partial charge < -0.3 is 15.2 Å². The molecule has 6 rings (SSSR count). The molecule has 2 atom stereocenters. The highest BCUT2D eigenvalue weighted by Crippen LogP contribution is 2.44. The van der Waals surface area contributed by atoms with Crippen molar-refractivity contribution < 1.29 is 14.4 Å². The Bertz CT molecular complexity index is 1440. The minimum Gasteiger partial charge on any atom is -0.345 e. The van der Waals surface area contributed by atoms with Crippen molar-refractivity contribution in [2.45, 2.75) is 19.1 Å². The molecule has 3 amide bonds. The number of H-pyrrole nitrogens is 1. The highest BCUT2D eigenvalue weighted by atomic mass is 16.2. The lowest BCUT2D eigenvalue weighted by Crippen LogP contribution is -2.51. The molecule has 3 heterocycles. The van der Waals surface area contributed by atoms with E-state index >= 15 is 0 Å². The van der Waals surface area contributed by atoms with E-state index in [-0.39, 0.29) is 30.3 Å². The molecule has 0 fully saturated rings. The third-order valence-electron chi connectivity index (χ3n) is 6.39. The molecule has 3 aromatic carbocycles. The van der Waals surface area contributed by atoms with Crippen LogP contribution in [-0.2, 0) is 4.79 Å². The first kappa shape index (κ1) is 20.2. The molecule has 0 aliphatic carbocycles. The zero-order chi connectivity index (χ0) is 23.4. The van der Waals surface area contributed by atoms with E-state index in [0.29, 0.717) is 28.2 Å². The SMILES string of the molecule is C[C@H](NC(=O)CN1C(=O)c2ccccc2N2C(=O)c3ccccc3[C@@H]12)c1nc2ccccc2[nH]1. The Morgan fingerprint density at radius 1 is 0.971 bits per heavy atom. The third-order valence-corrected chi connectivity index (χ3v) is 6.39. The largest absolute Gasteiger partial charge is 0.345 e. The van der Waals surface area contributed by atoms with E-state index in [1.54, 1.807) is 41.3 Å². The smallest absolute Gasteiger partial charge is 0.260 e. The maximum absolute atomic E-state index is 13.5. The fourth-order valence-corrected chi connectivity index (χ4v) is 4.82. The summed E-state index contributed by atoms with van der Waals surface area (Å²) in [6, 6.07) is 21.5. The van der Waals surface area contributed by atoms with Crippen LogP contribution in [0, 0.1) is 0 Å². The number of para-hydroxylation sites is 3. The topological polar surface area (TPSA) is 98.4 Å². The van der Waals surface area contributed by atoms with E-state index < -0.39 is 6.17 Å². The summed E-state index contributed by atoms with van der Waals surface area (Å²) in [5, 5.41) is 2.93. The summed E-state index contributed by atoms with van der Waals surface area (Å²) >= 11 is 0. The molecular formula is C26H21N5O3. The molecule has 2 aliphatic rings. The normalized spacial score (nSPS) is 17.4. The molecule has 2 aliphatic heterocycles. The van der Waals surface area contributed by atoms with Gasteiger partial charge in [-0.2, -0.15) is 0 Å². The maximum Gasteiger partial charge on any atom is 0.260 e. The third kappa shape index (κ3) is 2.99. The number of nitrogens with one attached hydrogen (secondary N) is 2. The van der Waals surface area contributed by atoms with Crippen LogP contribution >= 0.6 is 0 Å². The van der Waals surface area contributed by atoms with Gasteiger partial charge in [0.1, 0.15) is 18.5 Å². The lowest BCUT2D eigenvalue weighted by molar-refractivity contribution is -0.123. The number of carbonyl (C=O) groups is 3. The molecule has 8 heteroatoms. The van der Waals surface area contributed by atoms with Crippen molar-refractivity contribution >= 4 is 34.4 Å². The maximum atomic E-state index is 13.5. The molecule has 0 saturated carbocycles.